The van der Waals surface area contributed by atoms with Gasteiger partial charge in [0.2, 0.25) is 0 Å². The molecule has 0 aromatic rings. The second kappa shape index (κ2) is 6.77. The average molecular weight is 205 g/mol. The highest BCUT2D eigenvalue weighted by atomic mass is 32.2. The number of hydrogen-bond acceptors (Lipinski definition) is 4. The molecule has 1 N–H and O–H groups in total. The minimum absolute atomic E-state index is 0.0422. The van der Waals surface area contributed by atoms with E-state index in [1.165, 1.54) is 14.0 Å². The van der Waals surface area contributed by atoms with Crippen LogP contribution in [0.2, 0.25) is 0 Å². The van der Waals surface area contributed by atoms with E-state index in [0.29, 0.717) is 6.42 Å². The van der Waals surface area contributed by atoms with Crippen molar-refractivity contribution >= 4 is 23.6 Å². The zero-order chi connectivity index (χ0) is 10.3. The topological polar surface area (TPSA) is 55.4 Å². The minimum atomic E-state index is -0.554. The van der Waals surface area contributed by atoms with Gasteiger partial charge in [0, 0.05) is 0 Å². The summed E-state index contributed by atoms with van der Waals surface area (Å²) in [5, 5.41) is 2.48. The maximum Gasteiger partial charge on any atom is 0.407 e. The van der Waals surface area contributed by atoms with Gasteiger partial charge in [-0.1, -0.05) is 0 Å². The maximum atomic E-state index is 11.0. The average Bonchev–Trinajstić information content (AvgIpc) is 2.11. The van der Waals surface area contributed by atoms with Gasteiger partial charge in [0.05, 0.1) is 13.2 Å². The van der Waals surface area contributed by atoms with Gasteiger partial charge in [-0.3, -0.25) is 4.79 Å². The lowest BCUT2D eigenvalue weighted by Gasteiger charge is -2.13. The Morgan fingerprint density at radius 1 is 1.54 bits per heavy atom. The van der Waals surface area contributed by atoms with Crippen molar-refractivity contribution in [2.24, 2.45) is 0 Å². The Labute approximate surface area is 82.4 Å². The number of alkyl carbamates (subject to hydrolysis) is 1. The number of amides is 1. The molecule has 0 rings (SSSR count). The Kier molecular flexibility index (Phi) is 6.40. The van der Waals surface area contributed by atoms with Gasteiger partial charge >= 0.3 is 6.09 Å². The smallest absolute Gasteiger partial charge is 0.407 e. The highest BCUT2D eigenvalue weighted by molar-refractivity contribution is 7.98. The molecule has 0 aromatic carbocycles. The Morgan fingerprint density at radius 3 is 2.54 bits per heavy atom. The van der Waals surface area contributed by atoms with E-state index in [-0.39, 0.29) is 5.78 Å². The summed E-state index contributed by atoms with van der Waals surface area (Å²) in [5.41, 5.74) is 0. The van der Waals surface area contributed by atoms with E-state index >= 15 is 0 Å². The van der Waals surface area contributed by atoms with Crippen LogP contribution in [0.4, 0.5) is 4.79 Å². The molecule has 76 valence electrons. The van der Waals surface area contributed by atoms with Crippen molar-refractivity contribution in [3.05, 3.63) is 0 Å². The summed E-state index contributed by atoms with van der Waals surface area (Å²) in [5.74, 6) is 0.799. The normalized spacial score (nSPS) is 11.9. The van der Waals surface area contributed by atoms with E-state index < -0.39 is 12.1 Å². The molecule has 1 unspecified atom stereocenters. The Bertz CT molecular complexity index is 184. The number of thioether (sulfide) groups is 1. The molecule has 0 bridgehead atoms. The molecular formula is C8H15NO3S. The molecule has 0 aromatic heterocycles. The summed E-state index contributed by atoms with van der Waals surface area (Å²) in [7, 11) is 1.28. The fourth-order valence-electron chi connectivity index (χ4n) is 0.814. The second-order valence-corrected chi connectivity index (χ2v) is 3.57. The van der Waals surface area contributed by atoms with Crippen LogP contribution in [0.15, 0.2) is 0 Å². The van der Waals surface area contributed by atoms with Crippen molar-refractivity contribution in [3.63, 3.8) is 0 Å². The van der Waals surface area contributed by atoms with Crippen molar-refractivity contribution in [2.75, 3.05) is 19.1 Å². The van der Waals surface area contributed by atoms with Gasteiger partial charge in [-0.25, -0.2) is 4.79 Å². The zero-order valence-corrected chi connectivity index (χ0v) is 8.94. The fourth-order valence-corrected chi connectivity index (χ4v) is 1.29. The third kappa shape index (κ3) is 5.52. The van der Waals surface area contributed by atoms with Crippen LogP contribution in [0.25, 0.3) is 0 Å². The first-order chi connectivity index (χ1) is 6.11. The first kappa shape index (κ1) is 12.3. The molecule has 1 amide bonds. The molecule has 0 aliphatic carbocycles. The van der Waals surface area contributed by atoms with Crippen LogP contribution < -0.4 is 5.32 Å². The Hall–Kier alpha value is -0.710. The standard InChI is InChI=1S/C8H15NO3S/c1-6(10)7(4-5-13-3)9-8(11)12-2/h7H,4-5H2,1-3H3,(H,9,11). The number of ketones is 1. The fraction of sp³-hybridized carbons (Fsp3) is 0.750. The van der Waals surface area contributed by atoms with Crippen molar-refractivity contribution in [2.45, 2.75) is 19.4 Å². The van der Waals surface area contributed by atoms with Gasteiger partial charge in [0.15, 0.2) is 5.78 Å². The molecular weight excluding hydrogens is 190 g/mol. The van der Waals surface area contributed by atoms with E-state index in [2.05, 4.69) is 10.1 Å². The first-order valence-corrected chi connectivity index (χ1v) is 5.35. The number of carbonyl (C=O) groups is 2. The van der Waals surface area contributed by atoms with Gasteiger partial charge in [-0.15, -0.1) is 0 Å². The number of ether oxygens (including phenoxy) is 1. The van der Waals surface area contributed by atoms with Gasteiger partial charge in [-0.2, -0.15) is 11.8 Å². The van der Waals surface area contributed by atoms with Gasteiger partial charge in [0.1, 0.15) is 0 Å². The van der Waals surface area contributed by atoms with Crippen LogP contribution in [0.5, 0.6) is 0 Å². The molecule has 0 saturated carbocycles. The Morgan fingerprint density at radius 2 is 2.15 bits per heavy atom. The van der Waals surface area contributed by atoms with Crippen molar-refractivity contribution in [1.82, 2.24) is 5.32 Å². The molecule has 5 heteroatoms. The highest BCUT2D eigenvalue weighted by Crippen LogP contribution is 2.01. The molecule has 0 aliphatic heterocycles. The molecule has 0 heterocycles. The third-order valence-electron chi connectivity index (χ3n) is 1.58. The largest absolute Gasteiger partial charge is 0.453 e. The van der Waals surface area contributed by atoms with E-state index in [4.69, 9.17) is 0 Å². The summed E-state index contributed by atoms with van der Waals surface area (Å²) < 4.78 is 4.40. The van der Waals surface area contributed by atoms with Gasteiger partial charge in [0.25, 0.3) is 0 Å². The number of nitrogens with one attached hydrogen (secondary N) is 1. The molecule has 13 heavy (non-hydrogen) atoms. The van der Waals surface area contributed by atoms with Crippen LogP contribution in [0.3, 0.4) is 0 Å². The molecule has 0 saturated heterocycles. The van der Waals surface area contributed by atoms with E-state index in [1.54, 1.807) is 11.8 Å². The van der Waals surface area contributed by atoms with Crippen molar-refractivity contribution in [1.29, 1.82) is 0 Å². The van der Waals surface area contributed by atoms with E-state index in [0.717, 1.165) is 5.75 Å². The molecule has 1 atom stereocenters. The number of Topliss-reactive ketones (excluding diaryl/α,β-unsaturated/α-hetero) is 1. The summed E-state index contributed by atoms with van der Waals surface area (Å²) in [4.78, 5) is 21.8. The predicted molar refractivity (Wildman–Crippen MR) is 53.0 cm³/mol. The van der Waals surface area contributed by atoms with Gasteiger partial charge < -0.3 is 10.1 Å². The first-order valence-electron chi connectivity index (χ1n) is 3.95. The maximum absolute atomic E-state index is 11.0. The monoisotopic (exact) mass is 205 g/mol. The number of rotatable bonds is 5. The lowest BCUT2D eigenvalue weighted by Crippen LogP contribution is -2.40. The van der Waals surface area contributed by atoms with Crippen molar-refractivity contribution in [3.8, 4) is 0 Å². The molecule has 0 fully saturated rings. The van der Waals surface area contributed by atoms with Gasteiger partial charge in [-0.05, 0) is 25.4 Å². The second-order valence-electron chi connectivity index (χ2n) is 2.58. The summed E-state index contributed by atoms with van der Waals surface area (Å²) in [6.45, 7) is 1.46. The van der Waals surface area contributed by atoms with E-state index in [1.807, 2.05) is 6.26 Å². The van der Waals surface area contributed by atoms with Crippen LogP contribution in [-0.2, 0) is 9.53 Å². The summed E-state index contributed by atoms with van der Waals surface area (Å²) in [6, 6.07) is -0.417. The SMILES string of the molecule is COC(=O)NC(CCSC)C(C)=O. The number of hydrogen-bond donors (Lipinski definition) is 1. The van der Waals surface area contributed by atoms with Crippen LogP contribution in [0.1, 0.15) is 13.3 Å². The molecule has 0 spiro atoms. The molecule has 0 aliphatic rings. The summed E-state index contributed by atoms with van der Waals surface area (Å²) in [6.07, 6.45) is 2.04. The van der Waals surface area contributed by atoms with Crippen LogP contribution in [-0.4, -0.2) is 37.0 Å². The number of carbonyl (C=O) groups excluding carboxylic acids is 2. The highest BCUT2D eigenvalue weighted by Gasteiger charge is 2.16. The van der Waals surface area contributed by atoms with Crippen molar-refractivity contribution < 1.29 is 14.3 Å². The minimum Gasteiger partial charge on any atom is -0.453 e. The van der Waals surface area contributed by atoms with Crippen LogP contribution in [0, 0.1) is 0 Å². The van der Waals surface area contributed by atoms with E-state index in [9.17, 15) is 9.59 Å². The predicted octanol–water partition coefficient (Wildman–Crippen LogP) is 1.05. The molecule has 0 radical (unpaired) electrons. The van der Waals surface area contributed by atoms with Crippen LogP contribution >= 0.6 is 11.8 Å². The zero-order valence-electron chi connectivity index (χ0n) is 8.12. The lowest BCUT2D eigenvalue weighted by molar-refractivity contribution is -0.118. The number of methoxy groups -OCH3 is 1. The Balaban J connectivity index is 3.94. The molecule has 4 nitrogen and oxygen atoms in total. The summed E-state index contributed by atoms with van der Waals surface area (Å²) >= 11 is 1.64. The third-order valence-corrected chi connectivity index (χ3v) is 2.22. The lowest BCUT2D eigenvalue weighted by atomic mass is 10.1. The quantitative estimate of drug-likeness (QED) is 0.729.